The average Bonchev–Trinajstić information content (AvgIpc) is 2.84. The van der Waals surface area contributed by atoms with E-state index >= 15 is 0 Å². The van der Waals surface area contributed by atoms with E-state index in [0.29, 0.717) is 28.3 Å². The van der Waals surface area contributed by atoms with Crippen LogP contribution < -0.4 is 15.4 Å². The molecule has 0 heterocycles. The number of ether oxygens (including phenoxy) is 1. The Hall–Kier alpha value is -4.02. The van der Waals surface area contributed by atoms with E-state index in [9.17, 15) is 22.8 Å². The van der Waals surface area contributed by atoms with Crippen molar-refractivity contribution < 1.29 is 27.5 Å². The number of hydrogen-bond acceptors (Lipinski definition) is 6. The summed E-state index contributed by atoms with van der Waals surface area (Å²) in [5.41, 5.74) is 1.79. The molecular formula is C25H25N3O6S. The fraction of sp³-hybridized carbons (Fsp3) is 0.160. The van der Waals surface area contributed by atoms with Crippen LogP contribution in [0, 0.1) is 0 Å². The number of carbonyl (C=O) groups is 3. The second-order valence-corrected chi connectivity index (χ2v) is 9.69. The molecule has 3 rings (SSSR count). The van der Waals surface area contributed by atoms with Crippen molar-refractivity contribution in [2.24, 2.45) is 0 Å². The molecule has 0 saturated carbocycles. The van der Waals surface area contributed by atoms with E-state index < -0.39 is 22.5 Å². The highest BCUT2D eigenvalue weighted by atomic mass is 32.2. The van der Waals surface area contributed by atoms with Gasteiger partial charge in [0.2, 0.25) is 15.9 Å². The van der Waals surface area contributed by atoms with Crippen LogP contribution in [0.1, 0.15) is 27.6 Å². The summed E-state index contributed by atoms with van der Waals surface area (Å²) in [6, 6.07) is 18.6. The molecule has 3 aromatic rings. The van der Waals surface area contributed by atoms with Gasteiger partial charge >= 0.3 is 0 Å². The van der Waals surface area contributed by atoms with Crippen LogP contribution in [0.3, 0.4) is 0 Å². The zero-order chi connectivity index (χ0) is 25.6. The van der Waals surface area contributed by atoms with Crippen LogP contribution in [0.2, 0.25) is 0 Å². The summed E-state index contributed by atoms with van der Waals surface area (Å²) in [7, 11) is -1.07. The summed E-state index contributed by atoms with van der Waals surface area (Å²) in [4.78, 5) is 36.2. The second kappa shape index (κ2) is 10.9. The molecule has 0 fully saturated rings. The fourth-order valence-electron chi connectivity index (χ4n) is 3.11. The number of amides is 2. The lowest BCUT2D eigenvalue weighted by Crippen LogP contribution is -2.35. The van der Waals surface area contributed by atoms with Crippen LogP contribution in [0.4, 0.5) is 11.4 Å². The Morgan fingerprint density at radius 3 is 1.86 bits per heavy atom. The molecular weight excluding hydrogens is 470 g/mol. The zero-order valence-corrected chi connectivity index (χ0v) is 20.3. The van der Waals surface area contributed by atoms with E-state index in [1.165, 1.54) is 38.2 Å². The van der Waals surface area contributed by atoms with Gasteiger partial charge in [-0.15, -0.1) is 0 Å². The number of sulfonamides is 1. The van der Waals surface area contributed by atoms with Gasteiger partial charge in [0.25, 0.3) is 5.91 Å². The van der Waals surface area contributed by atoms with E-state index in [1.807, 2.05) is 0 Å². The predicted octanol–water partition coefficient (Wildman–Crippen LogP) is 3.41. The highest BCUT2D eigenvalue weighted by Crippen LogP contribution is 2.18. The van der Waals surface area contributed by atoms with Gasteiger partial charge in [-0.2, -0.15) is 4.31 Å². The summed E-state index contributed by atoms with van der Waals surface area (Å²) >= 11 is 0. The Morgan fingerprint density at radius 2 is 1.31 bits per heavy atom. The van der Waals surface area contributed by atoms with Crippen molar-refractivity contribution in [3.05, 3.63) is 83.9 Å². The van der Waals surface area contributed by atoms with Gasteiger partial charge in [-0.25, -0.2) is 8.42 Å². The molecule has 0 aliphatic heterocycles. The minimum atomic E-state index is -3.92. The van der Waals surface area contributed by atoms with E-state index in [4.69, 9.17) is 4.74 Å². The molecule has 10 heteroatoms. The van der Waals surface area contributed by atoms with Gasteiger partial charge in [0.15, 0.2) is 5.78 Å². The van der Waals surface area contributed by atoms with Crippen molar-refractivity contribution in [1.29, 1.82) is 0 Å². The van der Waals surface area contributed by atoms with Crippen molar-refractivity contribution in [2.45, 2.75) is 11.8 Å². The Labute approximate surface area is 203 Å². The maximum absolute atomic E-state index is 12.7. The normalized spacial score (nSPS) is 11.1. The number of ketones is 1. The highest BCUT2D eigenvalue weighted by molar-refractivity contribution is 7.89. The standard InChI is InChI=1S/C25H25N3O6S/c1-17(29)18-6-14-23(15-7-18)35(32,33)28(2)16-24(30)26-20-8-4-19(5-9-20)25(31)27-21-10-12-22(34-3)13-11-21/h4-15H,16H2,1-3H3,(H,26,30)(H,27,31). The number of nitrogens with zero attached hydrogens (tertiary/aromatic N) is 1. The molecule has 0 radical (unpaired) electrons. The molecule has 0 spiro atoms. The minimum Gasteiger partial charge on any atom is -0.497 e. The summed E-state index contributed by atoms with van der Waals surface area (Å²) in [6.07, 6.45) is 0. The van der Waals surface area contributed by atoms with Crippen molar-refractivity contribution in [2.75, 3.05) is 31.3 Å². The number of anilines is 2. The quantitative estimate of drug-likeness (QED) is 0.439. The molecule has 0 aromatic heterocycles. The minimum absolute atomic E-state index is 0.0231. The first-order chi connectivity index (χ1) is 16.6. The molecule has 0 aliphatic rings. The van der Waals surface area contributed by atoms with E-state index in [2.05, 4.69) is 10.6 Å². The lowest BCUT2D eigenvalue weighted by Gasteiger charge is -2.17. The van der Waals surface area contributed by atoms with Gasteiger partial charge in [0, 0.05) is 29.5 Å². The lowest BCUT2D eigenvalue weighted by molar-refractivity contribution is -0.116. The first-order valence-electron chi connectivity index (χ1n) is 10.5. The molecule has 0 unspecified atom stereocenters. The van der Waals surface area contributed by atoms with E-state index in [-0.39, 0.29) is 16.6 Å². The summed E-state index contributed by atoms with van der Waals surface area (Å²) in [6.45, 7) is 0.969. The number of Topliss-reactive ketones (excluding diaryl/α,β-unsaturated/α-hetero) is 1. The van der Waals surface area contributed by atoms with Gasteiger partial charge in [0.1, 0.15) is 5.75 Å². The number of nitrogens with one attached hydrogen (secondary N) is 2. The molecule has 0 bridgehead atoms. The number of benzene rings is 3. The number of hydrogen-bond donors (Lipinski definition) is 2. The molecule has 35 heavy (non-hydrogen) atoms. The Morgan fingerprint density at radius 1 is 0.800 bits per heavy atom. The number of rotatable bonds is 9. The lowest BCUT2D eigenvalue weighted by atomic mass is 10.2. The van der Waals surface area contributed by atoms with Gasteiger partial charge in [-0.1, -0.05) is 12.1 Å². The van der Waals surface area contributed by atoms with Crippen molar-refractivity contribution in [1.82, 2.24) is 4.31 Å². The maximum Gasteiger partial charge on any atom is 0.255 e. The first kappa shape index (κ1) is 25.6. The van der Waals surface area contributed by atoms with Crippen LogP contribution in [0.15, 0.2) is 77.7 Å². The molecule has 2 N–H and O–H groups in total. The van der Waals surface area contributed by atoms with Crippen molar-refractivity contribution in [3.8, 4) is 5.75 Å². The first-order valence-corrected chi connectivity index (χ1v) is 12.0. The molecule has 182 valence electrons. The van der Waals surface area contributed by atoms with Gasteiger partial charge in [0.05, 0.1) is 18.6 Å². The second-order valence-electron chi connectivity index (χ2n) is 7.65. The third kappa shape index (κ3) is 6.52. The Bertz CT molecular complexity index is 1320. The zero-order valence-electron chi connectivity index (χ0n) is 19.4. The van der Waals surface area contributed by atoms with Crippen LogP contribution in [0.25, 0.3) is 0 Å². The van der Waals surface area contributed by atoms with Crippen LogP contribution in [0.5, 0.6) is 5.75 Å². The number of likely N-dealkylation sites (N-methyl/N-ethyl adjacent to an activating group) is 1. The molecule has 2 amide bonds. The smallest absolute Gasteiger partial charge is 0.255 e. The fourth-order valence-corrected chi connectivity index (χ4v) is 4.24. The van der Waals surface area contributed by atoms with E-state index in [0.717, 1.165) is 4.31 Å². The number of carbonyl (C=O) groups excluding carboxylic acids is 3. The van der Waals surface area contributed by atoms with Crippen LogP contribution in [-0.2, 0) is 14.8 Å². The van der Waals surface area contributed by atoms with E-state index in [1.54, 1.807) is 55.6 Å². The summed E-state index contributed by atoms with van der Waals surface area (Å²) < 4.78 is 31.4. The molecule has 0 saturated heterocycles. The highest BCUT2D eigenvalue weighted by Gasteiger charge is 2.23. The third-order valence-corrected chi connectivity index (χ3v) is 6.93. The SMILES string of the molecule is COc1ccc(NC(=O)c2ccc(NC(=O)CN(C)S(=O)(=O)c3ccc(C(C)=O)cc3)cc2)cc1. The topological polar surface area (TPSA) is 122 Å². The summed E-state index contributed by atoms with van der Waals surface area (Å²) in [5, 5.41) is 5.38. The molecule has 3 aromatic carbocycles. The van der Waals surface area contributed by atoms with Crippen molar-refractivity contribution >= 4 is 39.0 Å². The Balaban J connectivity index is 1.58. The summed E-state index contributed by atoms with van der Waals surface area (Å²) in [5.74, 6) is -0.375. The van der Waals surface area contributed by atoms with Gasteiger partial charge in [-0.3, -0.25) is 14.4 Å². The van der Waals surface area contributed by atoms with Gasteiger partial charge in [-0.05, 0) is 67.6 Å². The monoisotopic (exact) mass is 495 g/mol. The predicted molar refractivity (Wildman–Crippen MR) is 132 cm³/mol. The Kier molecular flexibility index (Phi) is 8.00. The van der Waals surface area contributed by atoms with Crippen LogP contribution >= 0.6 is 0 Å². The van der Waals surface area contributed by atoms with Crippen LogP contribution in [-0.4, -0.2) is 51.0 Å². The third-order valence-electron chi connectivity index (χ3n) is 5.11. The molecule has 0 aliphatic carbocycles. The van der Waals surface area contributed by atoms with Crippen molar-refractivity contribution in [3.63, 3.8) is 0 Å². The maximum atomic E-state index is 12.7. The average molecular weight is 496 g/mol. The molecule has 9 nitrogen and oxygen atoms in total. The molecule has 0 atom stereocenters. The van der Waals surface area contributed by atoms with Gasteiger partial charge < -0.3 is 15.4 Å². The number of methoxy groups -OCH3 is 1. The largest absolute Gasteiger partial charge is 0.497 e.